The second-order valence-electron chi connectivity index (χ2n) is 4.91. The van der Waals surface area contributed by atoms with E-state index in [0.717, 1.165) is 11.1 Å². The Kier molecular flexibility index (Phi) is 3.20. The lowest BCUT2D eigenvalue weighted by Crippen LogP contribution is -2.15. The van der Waals surface area contributed by atoms with E-state index >= 15 is 0 Å². The molecule has 0 saturated carbocycles. The standard InChI is InChI=1S/C16H14O3S/c1-16(14(19-16)15(17)18)12-7-4-11(5-8-12)6-9-13-3-2-10-20-13/h2-10,14H,1H3,(H,17,18)/b9-6+. The molecule has 1 aliphatic heterocycles. The highest BCUT2D eigenvalue weighted by atomic mass is 32.1. The van der Waals surface area contributed by atoms with Crippen LogP contribution in [0.4, 0.5) is 0 Å². The fraction of sp³-hybridized carbons (Fsp3) is 0.188. The quantitative estimate of drug-likeness (QED) is 0.873. The van der Waals surface area contributed by atoms with Gasteiger partial charge in [-0.3, -0.25) is 0 Å². The van der Waals surface area contributed by atoms with Gasteiger partial charge in [-0.25, -0.2) is 4.79 Å². The summed E-state index contributed by atoms with van der Waals surface area (Å²) in [4.78, 5) is 12.1. The number of hydrogen-bond donors (Lipinski definition) is 1. The molecule has 0 amide bonds. The molecule has 1 aromatic carbocycles. The molecular formula is C16H14O3S. The molecule has 4 heteroatoms. The van der Waals surface area contributed by atoms with Crippen LogP contribution in [0.15, 0.2) is 41.8 Å². The van der Waals surface area contributed by atoms with Gasteiger partial charge in [-0.15, -0.1) is 11.3 Å². The second kappa shape index (κ2) is 4.89. The number of carboxylic acids is 1. The van der Waals surface area contributed by atoms with Gasteiger partial charge in [-0.2, -0.15) is 0 Å². The first kappa shape index (κ1) is 13.1. The molecular weight excluding hydrogens is 272 g/mol. The van der Waals surface area contributed by atoms with Gasteiger partial charge in [-0.1, -0.05) is 36.4 Å². The number of epoxide rings is 1. The number of benzene rings is 1. The van der Waals surface area contributed by atoms with E-state index in [9.17, 15) is 4.79 Å². The van der Waals surface area contributed by atoms with E-state index in [1.54, 1.807) is 11.3 Å². The molecule has 0 bridgehead atoms. The van der Waals surface area contributed by atoms with Crippen LogP contribution in [-0.2, 0) is 15.1 Å². The average Bonchev–Trinajstić information content (AvgIpc) is 2.90. The van der Waals surface area contributed by atoms with Crippen LogP contribution in [0.3, 0.4) is 0 Å². The van der Waals surface area contributed by atoms with Crippen molar-refractivity contribution >= 4 is 29.5 Å². The van der Waals surface area contributed by atoms with Gasteiger partial charge in [0, 0.05) is 4.88 Å². The molecule has 3 nitrogen and oxygen atoms in total. The third-order valence-electron chi connectivity index (χ3n) is 3.50. The van der Waals surface area contributed by atoms with Crippen molar-refractivity contribution in [1.82, 2.24) is 0 Å². The largest absolute Gasteiger partial charge is 0.479 e. The lowest BCUT2D eigenvalue weighted by Gasteiger charge is -2.06. The molecule has 1 N–H and O–H groups in total. The number of rotatable bonds is 4. The monoisotopic (exact) mass is 286 g/mol. The maximum Gasteiger partial charge on any atom is 0.336 e. The van der Waals surface area contributed by atoms with E-state index in [0.29, 0.717) is 0 Å². The van der Waals surface area contributed by atoms with Crippen LogP contribution < -0.4 is 0 Å². The number of carboxylic acid groups (broad SMARTS) is 1. The third-order valence-corrected chi connectivity index (χ3v) is 4.33. The number of ether oxygens (including phenoxy) is 1. The molecule has 1 saturated heterocycles. The summed E-state index contributed by atoms with van der Waals surface area (Å²) in [6.45, 7) is 1.81. The van der Waals surface area contributed by atoms with Gasteiger partial charge in [0.25, 0.3) is 0 Å². The van der Waals surface area contributed by atoms with Crippen molar-refractivity contribution in [3.8, 4) is 0 Å². The summed E-state index contributed by atoms with van der Waals surface area (Å²) in [5, 5.41) is 11.0. The molecule has 2 atom stereocenters. The van der Waals surface area contributed by atoms with Crippen molar-refractivity contribution in [3.05, 3.63) is 57.8 Å². The summed E-state index contributed by atoms with van der Waals surface area (Å²) in [6.07, 6.45) is 3.38. The van der Waals surface area contributed by atoms with Crippen molar-refractivity contribution in [2.75, 3.05) is 0 Å². The molecule has 1 aromatic heterocycles. The Bertz CT molecular complexity index is 643. The van der Waals surface area contributed by atoms with Crippen LogP contribution >= 0.6 is 11.3 Å². The number of carbonyl (C=O) groups is 1. The Labute approximate surface area is 121 Å². The van der Waals surface area contributed by atoms with Crippen molar-refractivity contribution in [1.29, 1.82) is 0 Å². The van der Waals surface area contributed by atoms with Crippen LogP contribution in [0.5, 0.6) is 0 Å². The molecule has 0 spiro atoms. The fourth-order valence-electron chi connectivity index (χ4n) is 2.21. The summed E-state index contributed by atoms with van der Waals surface area (Å²) in [5.41, 5.74) is 1.30. The Balaban J connectivity index is 1.74. The predicted octanol–water partition coefficient (Wildman–Crippen LogP) is 3.62. The van der Waals surface area contributed by atoms with Crippen LogP contribution in [0, 0.1) is 0 Å². The van der Waals surface area contributed by atoms with E-state index < -0.39 is 17.7 Å². The Morgan fingerprint density at radius 3 is 2.60 bits per heavy atom. The normalized spacial score (nSPS) is 24.9. The van der Waals surface area contributed by atoms with Gasteiger partial charge >= 0.3 is 5.97 Å². The smallest absolute Gasteiger partial charge is 0.336 e. The fourth-order valence-corrected chi connectivity index (χ4v) is 2.82. The van der Waals surface area contributed by atoms with E-state index in [1.165, 1.54) is 4.88 Å². The van der Waals surface area contributed by atoms with E-state index in [2.05, 4.69) is 12.1 Å². The molecule has 2 heterocycles. The first-order valence-electron chi connectivity index (χ1n) is 6.32. The Morgan fingerprint density at radius 2 is 2.05 bits per heavy atom. The average molecular weight is 286 g/mol. The minimum absolute atomic E-state index is 0.679. The number of hydrogen-bond acceptors (Lipinski definition) is 3. The molecule has 2 unspecified atom stereocenters. The van der Waals surface area contributed by atoms with Crippen LogP contribution in [-0.4, -0.2) is 17.2 Å². The summed E-state index contributed by atoms with van der Waals surface area (Å²) in [7, 11) is 0. The molecule has 102 valence electrons. The maximum atomic E-state index is 10.9. The molecule has 2 aromatic rings. The van der Waals surface area contributed by atoms with E-state index in [-0.39, 0.29) is 0 Å². The molecule has 1 fully saturated rings. The molecule has 0 radical (unpaired) electrons. The first-order valence-corrected chi connectivity index (χ1v) is 7.20. The third kappa shape index (κ3) is 2.40. The second-order valence-corrected chi connectivity index (χ2v) is 5.89. The zero-order chi connectivity index (χ0) is 14.2. The maximum absolute atomic E-state index is 10.9. The van der Waals surface area contributed by atoms with E-state index in [1.807, 2.05) is 48.7 Å². The lowest BCUT2D eigenvalue weighted by atomic mass is 9.96. The minimum atomic E-state index is -0.908. The SMILES string of the molecule is CC1(c2ccc(/C=C/c3cccs3)cc2)OC1C(=O)O. The van der Waals surface area contributed by atoms with Crippen LogP contribution in [0.1, 0.15) is 22.9 Å². The summed E-state index contributed by atoms with van der Waals surface area (Å²) in [5.74, 6) is -0.908. The van der Waals surface area contributed by atoms with Gasteiger partial charge in [-0.05, 0) is 35.6 Å². The minimum Gasteiger partial charge on any atom is -0.479 e. The zero-order valence-corrected chi connectivity index (χ0v) is 11.8. The summed E-state index contributed by atoms with van der Waals surface area (Å²) >= 11 is 1.69. The van der Waals surface area contributed by atoms with Crippen molar-refractivity contribution in [3.63, 3.8) is 0 Å². The van der Waals surface area contributed by atoms with Crippen molar-refractivity contribution in [2.45, 2.75) is 18.6 Å². The van der Waals surface area contributed by atoms with Gasteiger partial charge in [0.15, 0.2) is 6.10 Å². The number of aliphatic carboxylic acids is 1. The summed E-state index contributed by atoms with van der Waals surface area (Å²) < 4.78 is 5.29. The topological polar surface area (TPSA) is 49.8 Å². The highest BCUT2D eigenvalue weighted by Gasteiger charge is 2.58. The highest BCUT2D eigenvalue weighted by Crippen LogP contribution is 2.45. The van der Waals surface area contributed by atoms with Gasteiger partial charge in [0.1, 0.15) is 5.60 Å². The van der Waals surface area contributed by atoms with E-state index in [4.69, 9.17) is 9.84 Å². The zero-order valence-electron chi connectivity index (χ0n) is 10.9. The highest BCUT2D eigenvalue weighted by molar-refractivity contribution is 7.10. The molecule has 3 rings (SSSR count). The lowest BCUT2D eigenvalue weighted by molar-refractivity contribution is -0.138. The molecule has 1 aliphatic rings. The van der Waals surface area contributed by atoms with Crippen LogP contribution in [0.25, 0.3) is 12.2 Å². The molecule has 0 aliphatic carbocycles. The predicted molar refractivity (Wildman–Crippen MR) is 79.5 cm³/mol. The van der Waals surface area contributed by atoms with Crippen molar-refractivity contribution < 1.29 is 14.6 Å². The van der Waals surface area contributed by atoms with Crippen molar-refractivity contribution in [2.24, 2.45) is 0 Å². The summed E-state index contributed by atoms with van der Waals surface area (Å²) in [6, 6.07) is 11.9. The van der Waals surface area contributed by atoms with Gasteiger partial charge in [0.05, 0.1) is 0 Å². The number of thiophene rings is 1. The first-order chi connectivity index (χ1) is 9.59. The Morgan fingerprint density at radius 1 is 1.30 bits per heavy atom. The van der Waals surface area contributed by atoms with Crippen LogP contribution in [0.2, 0.25) is 0 Å². The molecule has 20 heavy (non-hydrogen) atoms. The van der Waals surface area contributed by atoms with Gasteiger partial charge < -0.3 is 9.84 Å². The Hall–Kier alpha value is -1.91. The van der Waals surface area contributed by atoms with Gasteiger partial charge in [0.2, 0.25) is 0 Å².